The first-order valence-electron chi connectivity index (χ1n) is 10.7. The van der Waals surface area contributed by atoms with E-state index < -0.39 is 5.92 Å². The molecule has 1 aliphatic carbocycles. The van der Waals surface area contributed by atoms with Crippen LogP contribution in [0.3, 0.4) is 0 Å². The molecule has 3 heterocycles. The fraction of sp³-hybridized carbons (Fsp3) is 0.455. The van der Waals surface area contributed by atoms with Gasteiger partial charge in [-0.15, -0.1) is 0 Å². The number of hydrogen-bond donors (Lipinski definition) is 2. The second-order valence-electron chi connectivity index (χ2n) is 8.11. The van der Waals surface area contributed by atoms with Gasteiger partial charge >= 0.3 is 5.97 Å². The summed E-state index contributed by atoms with van der Waals surface area (Å²) in [6.07, 6.45) is 1.66. The highest BCUT2D eigenvalue weighted by atomic mass is 32.2. The third-order valence-electron chi connectivity index (χ3n) is 5.86. The molecule has 0 bridgehead atoms. The van der Waals surface area contributed by atoms with E-state index in [1.807, 2.05) is 31.2 Å². The van der Waals surface area contributed by atoms with Gasteiger partial charge in [-0.05, 0) is 44.4 Å². The molecule has 1 saturated carbocycles. The van der Waals surface area contributed by atoms with Crippen LogP contribution in [0.5, 0.6) is 0 Å². The summed E-state index contributed by atoms with van der Waals surface area (Å²) < 4.78 is 6.94. The summed E-state index contributed by atoms with van der Waals surface area (Å²) in [5, 5.41) is 7.53. The van der Waals surface area contributed by atoms with Crippen molar-refractivity contribution >= 4 is 46.3 Å². The van der Waals surface area contributed by atoms with Crippen molar-refractivity contribution in [3.05, 3.63) is 45.1 Å². The Balaban J connectivity index is 1.33. The van der Waals surface area contributed by atoms with Crippen molar-refractivity contribution in [3.63, 3.8) is 0 Å². The topological polar surface area (TPSA) is 102 Å². The van der Waals surface area contributed by atoms with Crippen LogP contribution in [-0.4, -0.2) is 45.3 Å². The van der Waals surface area contributed by atoms with E-state index in [0.29, 0.717) is 33.3 Å². The number of fused-ring (bicyclic) bond motifs is 2. The van der Waals surface area contributed by atoms with E-state index in [0.717, 1.165) is 18.4 Å². The maximum atomic E-state index is 13.0. The first-order valence-corrected chi connectivity index (χ1v) is 12.6. The van der Waals surface area contributed by atoms with E-state index in [-0.39, 0.29) is 35.0 Å². The molecule has 2 fully saturated rings. The van der Waals surface area contributed by atoms with Crippen LogP contribution >= 0.6 is 23.5 Å². The van der Waals surface area contributed by atoms with Gasteiger partial charge in [-0.3, -0.25) is 19.5 Å². The number of nitrogens with zero attached hydrogens (tertiary/aromatic N) is 2. The predicted octanol–water partition coefficient (Wildman–Crippen LogP) is 2.40. The van der Waals surface area contributed by atoms with Gasteiger partial charge in [-0.2, -0.15) is 0 Å². The quantitative estimate of drug-likeness (QED) is 0.375. The standard InChI is InChI=1S/C22H24N4O4S2/c1-3-30-21(29)17-11(2)16-18(27)24-15(25-19(16)32-17)10-31-22-23-14-7-5-4-6-13(14)20(28)26(22)12-8-9-12/h4-7,12,15-16,19,25H,3,8-10H2,1-2H3,(H,24,27). The molecule has 10 heteroatoms. The van der Waals surface area contributed by atoms with Crippen LogP contribution in [0.1, 0.15) is 32.7 Å². The third kappa shape index (κ3) is 3.84. The molecule has 1 aromatic heterocycles. The SMILES string of the molecule is CCOC(=O)C1=C(C)C2C(=O)NC(CSc3nc4ccccc4c(=O)n3C3CC3)NC2S1. The lowest BCUT2D eigenvalue weighted by molar-refractivity contribution is -0.137. The Kier molecular flexibility index (Phi) is 5.77. The molecule has 168 valence electrons. The van der Waals surface area contributed by atoms with E-state index in [2.05, 4.69) is 10.6 Å². The van der Waals surface area contributed by atoms with Crippen LogP contribution in [0.4, 0.5) is 0 Å². The average molecular weight is 473 g/mol. The Bertz CT molecular complexity index is 1190. The Hall–Kier alpha value is -2.30. The molecule has 5 rings (SSSR count). The number of amides is 1. The normalized spacial score (nSPS) is 25.1. The van der Waals surface area contributed by atoms with Crippen molar-refractivity contribution in [3.8, 4) is 0 Å². The number of carbonyl (C=O) groups excluding carboxylic acids is 2. The number of aromatic nitrogens is 2. The van der Waals surface area contributed by atoms with Gasteiger partial charge in [-0.1, -0.05) is 35.7 Å². The number of nitrogens with one attached hydrogen (secondary N) is 2. The van der Waals surface area contributed by atoms with Crippen molar-refractivity contribution < 1.29 is 14.3 Å². The predicted molar refractivity (Wildman–Crippen MR) is 124 cm³/mol. The highest BCUT2D eigenvalue weighted by Crippen LogP contribution is 2.43. The summed E-state index contributed by atoms with van der Waals surface area (Å²) in [6, 6.07) is 7.60. The molecule has 1 aromatic carbocycles. The molecule has 2 aromatic rings. The molecule has 8 nitrogen and oxygen atoms in total. The lowest BCUT2D eigenvalue weighted by Crippen LogP contribution is -2.60. The number of hydrogen-bond acceptors (Lipinski definition) is 8. The largest absolute Gasteiger partial charge is 0.462 e. The summed E-state index contributed by atoms with van der Waals surface area (Å²) in [5.41, 5.74) is 1.42. The monoisotopic (exact) mass is 472 g/mol. The molecular formula is C22H24N4O4S2. The molecular weight excluding hydrogens is 448 g/mol. The first-order chi connectivity index (χ1) is 15.5. The van der Waals surface area contributed by atoms with Gasteiger partial charge in [0.25, 0.3) is 5.56 Å². The van der Waals surface area contributed by atoms with Crippen molar-refractivity contribution in [2.45, 2.75) is 49.4 Å². The number of esters is 1. The van der Waals surface area contributed by atoms with Gasteiger partial charge in [-0.25, -0.2) is 9.78 Å². The van der Waals surface area contributed by atoms with E-state index in [1.54, 1.807) is 11.5 Å². The van der Waals surface area contributed by atoms with Gasteiger partial charge in [0.2, 0.25) is 5.91 Å². The van der Waals surface area contributed by atoms with Crippen molar-refractivity contribution in [2.75, 3.05) is 12.4 Å². The lowest BCUT2D eigenvalue weighted by atomic mass is 9.97. The molecule has 0 radical (unpaired) electrons. The van der Waals surface area contributed by atoms with E-state index in [4.69, 9.17) is 9.72 Å². The van der Waals surface area contributed by atoms with Crippen LogP contribution in [0.2, 0.25) is 0 Å². The molecule has 3 aliphatic rings. The highest BCUT2D eigenvalue weighted by Gasteiger charge is 2.45. The molecule has 32 heavy (non-hydrogen) atoms. The van der Waals surface area contributed by atoms with Crippen LogP contribution in [0.25, 0.3) is 10.9 Å². The summed E-state index contributed by atoms with van der Waals surface area (Å²) in [4.78, 5) is 43.4. The molecule has 1 saturated heterocycles. The van der Waals surface area contributed by atoms with Crippen molar-refractivity contribution in [1.82, 2.24) is 20.2 Å². The average Bonchev–Trinajstić information content (AvgIpc) is 3.55. The lowest BCUT2D eigenvalue weighted by Gasteiger charge is -2.33. The number of benzene rings is 1. The molecule has 0 spiro atoms. The van der Waals surface area contributed by atoms with Crippen LogP contribution in [0.15, 0.2) is 44.7 Å². The van der Waals surface area contributed by atoms with Gasteiger partial charge in [0.05, 0.1) is 39.9 Å². The Morgan fingerprint density at radius 3 is 2.84 bits per heavy atom. The van der Waals surface area contributed by atoms with E-state index in [9.17, 15) is 14.4 Å². The number of ether oxygens (including phenoxy) is 1. The zero-order valence-electron chi connectivity index (χ0n) is 17.8. The fourth-order valence-electron chi connectivity index (χ4n) is 4.16. The van der Waals surface area contributed by atoms with Crippen molar-refractivity contribution in [1.29, 1.82) is 0 Å². The Labute approximate surface area is 193 Å². The van der Waals surface area contributed by atoms with Gasteiger partial charge in [0.1, 0.15) is 0 Å². The zero-order chi connectivity index (χ0) is 22.4. The maximum absolute atomic E-state index is 13.0. The molecule has 2 N–H and O–H groups in total. The number of thioether (sulfide) groups is 2. The third-order valence-corrected chi connectivity index (χ3v) is 8.30. The minimum absolute atomic E-state index is 0.00782. The minimum atomic E-state index is -0.399. The number of carbonyl (C=O) groups is 2. The molecule has 3 atom stereocenters. The van der Waals surface area contributed by atoms with Crippen LogP contribution in [-0.2, 0) is 14.3 Å². The highest BCUT2D eigenvalue weighted by molar-refractivity contribution is 8.04. The minimum Gasteiger partial charge on any atom is -0.462 e. The summed E-state index contributed by atoms with van der Waals surface area (Å²) >= 11 is 2.82. The second kappa shape index (κ2) is 8.57. The van der Waals surface area contributed by atoms with E-state index >= 15 is 0 Å². The van der Waals surface area contributed by atoms with Gasteiger partial charge in [0, 0.05) is 11.8 Å². The number of para-hydroxylation sites is 1. The molecule has 1 amide bonds. The van der Waals surface area contributed by atoms with Gasteiger partial charge in [0.15, 0.2) is 5.16 Å². The maximum Gasteiger partial charge on any atom is 0.344 e. The second-order valence-corrected chi connectivity index (χ2v) is 10.2. The number of rotatable bonds is 6. The summed E-state index contributed by atoms with van der Waals surface area (Å²) in [5.74, 6) is -0.363. The molecule has 3 unspecified atom stereocenters. The summed E-state index contributed by atoms with van der Waals surface area (Å²) in [6.45, 7) is 3.88. The summed E-state index contributed by atoms with van der Waals surface area (Å²) in [7, 11) is 0. The van der Waals surface area contributed by atoms with Gasteiger partial charge < -0.3 is 10.1 Å². The van der Waals surface area contributed by atoms with Crippen LogP contribution in [0, 0.1) is 5.92 Å². The Morgan fingerprint density at radius 2 is 2.09 bits per heavy atom. The molecule has 2 aliphatic heterocycles. The fourth-order valence-corrected chi connectivity index (χ4v) is 6.60. The van der Waals surface area contributed by atoms with Crippen molar-refractivity contribution in [2.24, 2.45) is 5.92 Å². The Morgan fingerprint density at radius 1 is 1.31 bits per heavy atom. The smallest absolute Gasteiger partial charge is 0.344 e. The first kappa shape index (κ1) is 21.5. The van der Waals surface area contributed by atoms with Crippen LogP contribution < -0.4 is 16.2 Å². The zero-order valence-corrected chi connectivity index (χ0v) is 19.4. The van der Waals surface area contributed by atoms with E-state index in [1.165, 1.54) is 23.5 Å².